The molecule has 0 spiro atoms. The zero-order valence-electron chi connectivity index (χ0n) is 24.1. The molecule has 6 rings (SSSR count). The molecule has 0 radical (unpaired) electrons. The molecule has 4 atom stereocenters. The van der Waals surface area contributed by atoms with Crippen molar-refractivity contribution in [2.45, 2.75) is 50.1 Å². The van der Waals surface area contributed by atoms with Gasteiger partial charge in [0.15, 0.2) is 0 Å². The third-order valence-electron chi connectivity index (χ3n) is 9.11. The van der Waals surface area contributed by atoms with Crippen LogP contribution in [0.3, 0.4) is 0 Å². The van der Waals surface area contributed by atoms with Crippen molar-refractivity contribution in [2.24, 2.45) is 5.92 Å². The summed E-state index contributed by atoms with van der Waals surface area (Å²) in [6.45, 7) is 3.15. The normalized spacial score (nSPS) is 27.5. The van der Waals surface area contributed by atoms with Crippen LogP contribution in [0.1, 0.15) is 32.1 Å². The van der Waals surface area contributed by atoms with Gasteiger partial charge in [0.25, 0.3) is 0 Å². The van der Waals surface area contributed by atoms with Crippen LogP contribution in [0, 0.1) is 5.92 Å². The summed E-state index contributed by atoms with van der Waals surface area (Å²) in [6, 6.07) is 33.6. The van der Waals surface area contributed by atoms with E-state index < -0.39 is 24.0 Å². The van der Waals surface area contributed by atoms with E-state index in [1.807, 2.05) is 0 Å². The first kappa shape index (κ1) is 29.1. The Bertz CT molecular complexity index is 1160. The van der Waals surface area contributed by atoms with E-state index in [9.17, 15) is 0 Å². The van der Waals surface area contributed by atoms with Gasteiger partial charge in [-0.15, -0.1) is 0 Å². The minimum atomic E-state index is -3.64. The third-order valence-corrected chi connectivity index (χ3v) is 22.1. The molecular weight excluding hydrogens is 619 g/mol. The fraction of sp³-hybridized carbons (Fsp3) is 0.429. The first-order valence-electron chi connectivity index (χ1n) is 15.1. The summed E-state index contributed by atoms with van der Waals surface area (Å²) >= 11 is -3.64. The number of fused-ring (bicyclic) bond motifs is 1. The molecule has 0 N–H and O–H groups in total. The van der Waals surface area contributed by atoms with Crippen LogP contribution in [0.5, 0.6) is 0 Å². The Kier molecular flexibility index (Phi) is 9.60. The minimum absolute atomic E-state index is 0.0884. The van der Waals surface area contributed by atoms with Crippen molar-refractivity contribution in [3.05, 3.63) is 101 Å². The van der Waals surface area contributed by atoms with E-state index in [-0.39, 0.29) is 18.3 Å². The molecule has 3 heterocycles. The number of benzene rings is 3. The predicted molar refractivity (Wildman–Crippen MR) is 165 cm³/mol. The van der Waals surface area contributed by atoms with Crippen LogP contribution < -0.4 is 10.7 Å². The quantitative estimate of drug-likeness (QED) is 0.302. The Morgan fingerprint density at radius 3 is 2.02 bits per heavy atom. The molecule has 0 amide bonds. The fourth-order valence-electron chi connectivity index (χ4n) is 7.02. The molecule has 3 saturated heterocycles. The standard InChI is InChI=1S/C17H27O5.3C6H5.Sn/c1-13-6-10-22-17(12-21-16-5-3-4-8-19-16)14(13)11-20-15(17)7-9-18-2;3*1-2-4-6-5-3-1;/h1,14-16H,3-12H2,2H3;3*1-5H;/t14-,15-,16?,17+;;;;/m1..../s1. The van der Waals surface area contributed by atoms with Crippen LogP contribution in [0.2, 0.25) is 0 Å². The Morgan fingerprint density at radius 2 is 1.46 bits per heavy atom. The molecule has 216 valence electrons. The van der Waals surface area contributed by atoms with Crippen LogP contribution in [0.15, 0.2) is 101 Å². The second-order valence-corrected chi connectivity index (χ2v) is 21.8. The van der Waals surface area contributed by atoms with Gasteiger partial charge >= 0.3 is 250 Å². The van der Waals surface area contributed by atoms with Gasteiger partial charge < -0.3 is 0 Å². The molecular formula is C35H42O5Sn. The molecule has 41 heavy (non-hydrogen) atoms. The van der Waals surface area contributed by atoms with Crippen LogP contribution in [0.4, 0.5) is 0 Å². The Balaban J connectivity index is 1.46. The average Bonchev–Trinajstić information content (AvgIpc) is 3.42. The SMILES string of the molecule is COCC[C@H]1OC[C@@H]2/C(=[CH]/[Sn]([c]3ccccc3)([c]3ccccc3)[c]3ccccc3)CCO[C@@]21COC1CCCCO1. The summed E-state index contributed by atoms with van der Waals surface area (Å²) in [6.07, 6.45) is 4.59. The zero-order chi connectivity index (χ0) is 28.0. The Labute approximate surface area is 248 Å². The molecule has 0 aromatic heterocycles. The second-order valence-electron chi connectivity index (χ2n) is 11.4. The Hall–Kier alpha value is -2.00. The van der Waals surface area contributed by atoms with E-state index in [2.05, 4.69) is 95.1 Å². The average molecular weight is 661 g/mol. The maximum absolute atomic E-state index is 6.77. The number of hydrogen-bond donors (Lipinski definition) is 0. The summed E-state index contributed by atoms with van der Waals surface area (Å²) in [5, 5.41) is 0. The molecule has 6 heteroatoms. The van der Waals surface area contributed by atoms with E-state index in [4.69, 9.17) is 23.7 Å². The topological polar surface area (TPSA) is 46.2 Å². The summed E-state index contributed by atoms with van der Waals surface area (Å²) in [5.41, 5.74) is 0.905. The predicted octanol–water partition coefficient (Wildman–Crippen LogP) is 4.38. The molecule has 5 nitrogen and oxygen atoms in total. The molecule has 3 aliphatic rings. The molecule has 0 aliphatic carbocycles. The monoisotopic (exact) mass is 662 g/mol. The third kappa shape index (κ3) is 5.95. The van der Waals surface area contributed by atoms with Crippen molar-refractivity contribution < 1.29 is 23.7 Å². The number of methoxy groups -OCH3 is 1. The number of hydrogen-bond acceptors (Lipinski definition) is 5. The van der Waals surface area contributed by atoms with Crippen molar-refractivity contribution in [3.63, 3.8) is 0 Å². The van der Waals surface area contributed by atoms with E-state index >= 15 is 0 Å². The van der Waals surface area contributed by atoms with E-state index in [0.29, 0.717) is 26.4 Å². The van der Waals surface area contributed by atoms with Crippen LogP contribution in [-0.2, 0) is 23.7 Å². The number of rotatable bonds is 10. The first-order chi connectivity index (χ1) is 20.3. The van der Waals surface area contributed by atoms with Crippen molar-refractivity contribution in [3.8, 4) is 0 Å². The van der Waals surface area contributed by atoms with Crippen molar-refractivity contribution in [2.75, 3.05) is 40.1 Å². The molecule has 0 bridgehead atoms. The summed E-state index contributed by atoms with van der Waals surface area (Å²) < 4.78 is 38.4. The van der Waals surface area contributed by atoms with Gasteiger partial charge in [-0.1, -0.05) is 0 Å². The van der Waals surface area contributed by atoms with E-state index in [1.165, 1.54) is 16.3 Å². The first-order valence-corrected chi connectivity index (χ1v) is 21.0. The molecule has 3 aromatic rings. The van der Waals surface area contributed by atoms with Gasteiger partial charge in [0, 0.05) is 0 Å². The van der Waals surface area contributed by atoms with Gasteiger partial charge in [-0.25, -0.2) is 0 Å². The van der Waals surface area contributed by atoms with Gasteiger partial charge in [-0.2, -0.15) is 0 Å². The molecule has 3 aromatic carbocycles. The zero-order valence-corrected chi connectivity index (χ0v) is 26.9. The number of ether oxygens (including phenoxy) is 5. The van der Waals surface area contributed by atoms with Crippen molar-refractivity contribution in [1.29, 1.82) is 0 Å². The van der Waals surface area contributed by atoms with Crippen molar-refractivity contribution in [1.82, 2.24) is 0 Å². The molecule has 1 unspecified atom stereocenters. The van der Waals surface area contributed by atoms with Crippen LogP contribution in [0.25, 0.3) is 0 Å². The molecule has 0 saturated carbocycles. The summed E-state index contributed by atoms with van der Waals surface area (Å²) in [4.78, 5) is 0. The summed E-state index contributed by atoms with van der Waals surface area (Å²) in [5.74, 6) is 0.119. The fourth-order valence-corrected chi connectivity index (χ4v) is 20.0. The van der Waals surface area contributed by atoms with E-state index in [0.717, 1.165) is 38.7 Å². The van der Waals surface area contributed by atoms with Gasteiger partial charge in [0.2, 0.25) is 0 Å². The van der Waals surface area contributed by atoms with Crippen molar-refractivity contribution >= 4 is 29.1 Å². The van der Waals surface area contributed by atoms with E-state index in [1.54, 1.807) is 7.11 Å². The van der Waals surface area contributed by atoms with Gasteiger partial charge in [-0.3, -0.25) is 0 Å². The second kappa shape index (κ2) is 13.5. The molecule has 3 aliphatic heterocycles. The molecule has 3 fully saturated rings. The Morgan fingerprint density at radius 1 is 0.829 bits per heavy atom. The summed E-state index contributed by atoms with van der Waals surface area (Å²) in [7, 11) is 1.75. The maximum atomic E-state index is 6.77. The van der Waals surface area contributed by atoms with Gasteiger partial charge in [-0.05, 0) is 0 Å². The van der Waals surface area contributed by atoms with Gasteiger partial charge in [0.05, 0.1) is 0 Å². The van der Waals surface area contributed by atoms with Crippen LogP contribution in [-0.4, -0.2) is 76.5 Å². The van der Waals surface area contributed by atoms with Gasteiger partial charge in [0.1, 0.15) is 0 Å². The van der Waals surface area contributed by atoms with Crippen LogP contribution >= 0.6 is 0 Å².